The van der Waals surface area contributed by atoms with E-state index in [1.165, 1.54) is 36.8 Å². The van der Waals surface area contributed by atoms with Crippen LogP contribution in [0.2, 0.25) is 0 Å². The molecule has 1 fully saturated rings. The van der Waals surface area contributed by atoms with Crippen LogP contribution in [-0.4, -0.2) is 0 Å². The van der Waals surface area contributed by atoms with Crippen molar-refractivity contribution in [3.8, 4) is 0 Å². The lowest BCUT2D eigenvalue weighted by Gasteiger charge is -2.35. The summed E-state index contributed by atoms with van der Waals surface area (Å²) >= 11 is 0. The van der Waals surface area contributed by atoms with E-state index in [-0.39, 0.29) is 0 Å². The highest BCUT2D eigenvalue weighted by Gasteiger charge is 2.30. The Morgan fingerprint density at radius 2 is 1.65 bits per heavy atom. The Morgan fingerprint density at radius 3 is 2.50 bits per heavy atom. The van der Waals surface area contributed by atoms with Gasteiger partial charge in [-0.15, -0.1) is 0 Å². The van der Waals surface area contributed by atoms with Crippen molar-refractivity contribution in [3.63, 3.8) is 0 Å². The molecule has 20 heavy (non-hydrogen) atoms. The molecule has 0 aromatic heterocycles. The Morgan fingerprint density at radius 1 is 0.850 bits per heavy atom. The van der Waals surface area contributed by atoms with Crippen molar-refractivity contribution in [2.75, 3.05) is 0 Å². The number of allylic oxidation sites excluding steroid dienone is 10. The molecule has 4 atom stereocenters. The average Bonchev–Trinajstić information content (AvgIpc) is 2.43. The van der Waals surface area contributed by atoms with E-state index in [9.17, 15) is 0 Å². The van der Waals surface area contributed by atoms with Crippen LogP contribution >= 0.6 is 0 Å². The third-order valence-corrected chi connectivity index (χ3v) is 5.19. The third kappa shape index (κ3) is 3.06. The molecule has 0 heteroatoms. The molecule has 0 spiro atoms. The average molecular weight is 266 g/mol. The van der Waals surface area contributed by atoms with Crippen LogP contribution in [-0.2, 0) is 0 Å². The first-order chi connectivity index (χ1) is 9.72. The zero-order valence-electron chi connectivity index (χ0n) is 12.8. The van der Waals surface area contributed by atoms with E-state index in [0.29, 0.717) is 5.92 Å². The maximum Gasteiger partial charge on any atom is -0.0228 e. The van der Waals surface area contributed by atoms with Crippen molar-refractivity contribution in [3.05, 3.63) is 59.8 Å². The molecule has 106 valence electrons. The monoisotopic (exact) mass is 266 g/mol. The van der Waals surface area contributed by atoms with Crippen molar-refractivity contribution in [1.82, 2.24) is 0 Å². The molecule has 0 nitrogen and oxygen atoms in total. The van der Waals surface area contributed by atoms with Gasteiger partial charge in [0.1, 0.15) is 0 Å². The highest BCUT2D eigenvalue weighted by atomic mass is 14.3. The van der Waals surface area contributed by atoms with Gasteiger partial charge in [0.05, 0.1) is 0 Å². The number of rotatable bonds is 0. The quantitative estimate of drug-likeness (QED) is 0.534. The lowest BCUT2D eigenvalue weighted by molar-refractivity contribution is 0.177. The molecule has 0 heterocycles. The molecule has 3 aliphatic carbocycles. The summed E-state index contributed by atoms with van der Waals surface area (Å²) in [4.78, 5) is 0. The van der Waals surface area contributed by atoms with Gasteiger partial charge >= 0.3 is 0 Å². The molecule has 4 unspecified atom stereocenters. The van der Waals surface area contributed by atoms with Gasteiger partial charge < -0.3 is 0 Å². The van der Waals surface area contributed by atoms with Gasteiger partial charge in [0.25, 0.3) is 0 Å². The highest BCUT2D eigenvalue weighted by molar-refractivity contribution is 5.44. The predicted molar refractivity (Wildman–Crippen MR) is 87.4 cm³/mol. The summed E-state index contributed by atoms with van der Waals surface area (Å²) in [6.07, 6.45) is 23.5. The minimum atomic E-state index is 0.713. The molecule has 3 rings (SSSR count). The van der Waals surface area contributed by atoms with E-state index >= 15 is 0 Å². The highest BCUT2D eigenvalue weighted by Crippen LogP contribution is 2.41. The van der Waals surface area contributed by atoms with Crippen LogP contribution in [0.3, 0.4) is 0 Å². The summed E-state index contributed by atoms with van der Waals surface area (Å²) in [5, 5.41) is 0. The maximum atomic E-state index is 2.45. The van der Waals surface area contributed by atoms with Crippen molar-refractivity contribution >= 4 is 0 Å². The number of hydrogen-bond donors (Lipinski definition) is 0. The first-order valence-electron chi connectivity index (χ1n) is 8.15. The van der Waals surface area contributed by atoms with Gasteiger partial charge in [-0.2, -0.15) is 0 Å². The first kappa shape index (κ1) is 13.7. The Kier molecular flexibility index (Phi) is 4.10. The molecule has 0 aliphatic heterocycles. The molecule has 0 radical (unpaired) electrons. The summed E-state index contributed by atoms with van der Waals surface area (Å²) < 4.78 is 0. The van der Waals surface area contributed by atoms with Crippen LogP contribution in [0.25, 0.3) is 0 Å². The Labute approximate surface area is 123 Å². The van der Waals surface area contributed by atoms with Crippen molar-refractivity contribution < 1.29 is 0 Å². The normalized spacial score (nSPS) is 38.3. The van der Waals surface area contributed by atoms with Crippen LogP contribution in [0.1, 0.15) is 39.5 Å². The molecule has 2 bridgehead atoms. The Hall–Kier alpha value is -1.30. The van der Waals surface area contributed by atoms with Crippen LogP contribution in [0.4, 0.5) is 0 Å². The molecule has 0 amide bonds. The lowest BCUT2D eigenvalue weighted by Crippen LogP contribution is -2.25. The van der Waals surface area contributed by atoms with Gasteiger partial charge in [0.15, 0.2) is 0 Å². The van der Waals surface area contributed by atoms with Crippen LogP contribution < -0.4 is 0 Å². The van der Waals surface area contributed by atoms with Gasteiger partial charge in [0.2, 0.25) is 0 Å². The third-order valence-electron chi connectivity index (χ3n) is 5.19. The van der Waals surface area contributed by atoms with E-state index in [1.54, 1.807) is 0 Å². The minimum Gasteiger partial charge on any atom is -0.0808 e. The fourth-order valence-electron chi connectivity index (χ4n) is 4.13. The van der Waals surface area contributed by atoms with Gasteiger partial charge in [-0.3, -0.25) is 0 Å². The van der Waals surface area contributed by atoms with E-state index in [0.717, 1.165) is 17.8 Å². The molecular weight excluding hydrogens is 240 g/mol. The second-order valence-electron chi connectivity index (χ2n) is 6.94. The SMILES string of the molecule is CC1CC2CC3=C(C=CC=CC=C3)/C=C\C(C)C(C1)C2. The van der Waals surface area contributed by atoms with Gasteiger partial charge in [-0.1, -0.05) is 62.5 Å². The molecule has 0 aromatic carbocycles. The van der Waals surface area contributed by atoms with Crippen molar-refractivity contribution in [2.45, 2.75) is 39.5 Å². The Balaban J connectivity index is 1.96. The van der Waals surface area contributed by atoms with Crippen LogP contribution in [0, 0.1) is 23.7 Å². The topological polar surface area (TPSA) is 0 Å². The maximum absolute atomic E-state index is 2.45. The summed E-state index contributed by atoms with van der Waals surface area (Å²) in [7, 11) is 0. The number of hydrogen-bond acceptors (Lipinski definition) is 0. The predicted octanol–water partition coefficient (Wildman–Crippen LogP) is 5.61. The molecule has 3 aliphatic rings. The molecule has 1 saturated carbocycles. The van der Waals surface area contributed by atoms with Crippen molar-refractivity contribution in [2.24, 2.45) is 23.7 Å². The summed E-state index contributed by atoms with van der Waals surface area (Å²) in [5.74, 6) is 3.37. The molecular formula is C20H26. The van der Waals surface area contributed by atoms with Gasteiger partial charge in [-0.25, -0.2) is 0 Å². The fourth-order valence-corrected chi connectivity index (χ4v) is 4.13. The number of fused-ring (bicyclic) bond motifs is 2. The second kappa shape index (κ2) is 5.99. The van der Waals surface area contributed by atoms with E-state index in [4.69, 9.17) is 0 Å². The smallest absolute Gasteiger partial charge is 0.0228 e. The zero-order valence-corrected chi connectivity index (χ0v) is 12.8. The second-order valence-corrected chi connectivity index (χ2v) is 6.94. The van der Waals surface area contributed by atoms with E-state index < -0.39 is 0 Å². The fraction of sp³-hybridized carbons (Fsp3) is 0.500. The Bertz CT molecular complexity index is 498. The molecule has 0 saturated heterocycles. The first-order valence-corrected chi connectivity index (χ1v) is 8.15. The van der Waals surface area contributed by atoms with Crippen LogP contribution in [0.5, 0.6) is 0 Å². The minimum absolute atomic E-state index is 0.713. The lowest BCUT2D eigenvalue weighted by atomic mass is 9.70. The zero-order chi connectivity index (χ0) is 13.9. The van der Waals surface area contributed by atoms with Crippen LogP contribution in [0.15, 0.2) is 59.8 Å². The summed E-state index contributed by atoms with van der Waals surface area (Å²) in [5.41, 5.74) is 2.94. The standard InChI is InChI=1S/C20H26/c1-15-11-17-13-19-8-6-4-3-5-7-18(19)10-9-16(2)20(12-15)14-17/h3-10,15-17,20H,11-14H2,1-2H3/b4-3?,5-3?,6-4?,7-5?,8-6?,10-9-,18-7?,19-8?,19-18?. The van der Waals surface area contributed by atoms with E-state index in [1.807, 2.05) is 0 Å². The van der Waals surface area contributed by atoms with Crippen molar-refractivity contribution in [1.29, 1.82) is 0 Å². The van der Waals surface area contributed by atoms with Gasteiger partial charge in [0, 0.05) is 0 Å². The molecule has 0 N–H and O–H groups in total. The summed E-state index contributed by atoms with van der Waals surface area (Å²) in [6.45, 7) is 4.85. The summed E-state index contributed by atoms with van der Waals surface area (Å²) in [6, 6.07) is 0. The molecule has 0 aromatic rings. The van der Waals surface area contributed by atoms with Gasteiger partial charge in [-0.05, 0) is 60.5 Å². The largest absolute Gasteiger partial charge is 0.0808 e. The van der Waals surface area contributed by atoms with E-state index in [2.05, 4.69) is 62.5 Å².